The number of nitrogens with one attached hydrogen (secondary N) is 1. The number of amides is 1. The zero-order chi connectivity index (χ0) is 23.8. The lowest BCUT2D eigenvalue weighted by Gasteiger charge is -2.14. The zero-order valence-electron chi connectivity index (χ0n) is 16.3. The molecule has 0 radical (unpaired) electrons. The van der Waals surface area contributed by atoms with Gasteiger partial charge in [-0.25, -0.2) is 13.8 Å². The maximum Gasteiger partial charge on any atom is 0.418 e. The van der Waals surface area contributed by atoms with Crippen LogP contribution in [0.3, 0.4) is 0 Å². The van der Waals surface area contributed by atoms with Crippen LogP contribution in [0.25, 0.3) is 15.9 Å². The second-order valence-corrected chi connectivity index (χ2v) is 8.54. The van der Waals surface area contributed by atoms with E-state index in [0.717, 1.165) is 51.9 Å². The molecule has 2 aromatic heterocycles. The molecule has 2 aromatic carbocycles. The highest BCUT2D eigenvalue weighted by molar-refractivity contribution is 7.99. The van der Waals surface area contributed by atoms with E-state index in [-0.39, 0.29) is 15.5 Å². The fourth-order valence-electron chi connectivity index (χ4n) is 3.04. The van der Waals surface area contributed by atoms with Crippen molar-refractivity contribution in [1.29, 1.82) is 0 Å². The molecule has 1 amide bonds. The Morgan fingerprint density at radius 2 is 1.79 bits per heavy atom. The third-order valence-electron chi connectivity index (χ3n) is 4.39. The second kappa shape index (κ2) is 8.94. The molecule has 170 valence electrons. The van der Waals surface area contributed by atoms with Crippen molar-refractivity contribution in [3.63, 3.8) is 0 Å². The SMILES string of the molecule is O=C(CSc1nc2ccsc2c(=O)n1-c1cc(F)cc(F)c1)Nc1ccccc1C(F)(F)F. The van der Waals surface area contributed by atoms with Gasteiger partial charge in [0.1, 0.15) is 16.3 Å². The maximum absolute atomic E-state index is 13.8. The van der Waals surface area contributed by atoms with Crippen molar-refractivity contribution >= 4 is 44.9 Å². The molecule has 0 aliphatic rings. The van der Waals surface area contributed by atoms with Crippen molar-refractivity contribution in [1.82, 2.24) is 9.55 Å². The Morgan fingerprint density at radius 3 is 2.48 bits per heavy atom. The van der Waals surface area contributed by atoms with E-state index >= 15 is 0 Å². The first kappa shape index (κ1) is 22.9. The van der Waals surface area contributed by atoms with Crippen LogP contribution in [0.5, 0.6) is 0 Å². The molecular weight excluding hydrogens is 485 g/mol. The molecule has 0 bridgehead atoms. The first-order valence-electron chi connectivity index (χ1n) is 9.19. The number of halogens is 5. The normalized spacial score (nSPS) is 11.7. The van der Waals surface area contributed by atoms with Crippen LogP contribution in [0, 0.1) is 11.6 Å². The quantitative estimate of drug-likeness (QED) is 0.226. The van der Waals surface area contributed by atoms with Crippen LogP contribution in [0.1, 0.15) is 5.56 Å². The monoisotopic (exact) mass is 497 g/mol. The highest BCUT2D eigenvalue weighted by Gasteiger charge is 2.33. The van der Waals surface area contributed by atoms with Crippen LogP contribution >= 0.6 is 23.1 Å². The van der Waals surface area contributed by atoms with Crippen LogP contribution in [0.15, 0.2) is 63.9 Å². The van der Waals surface area contributed by atoms with Gasteiger partial charge in [-0.2, -0.15) is 13.2 Å². The molecule has 0 fully saturated rings. The summed E-state index contributed by atoms with van der Waals surface area (Å²) in [5, 5.41) is 3.77. The summed E-state index contributed by atoms with van der Waals surface area (Å²) in [6, 6.07) is 8.60. The number of hydrogen-bond acceptors (Lipinski definition) is 5. The number of thioether (sulfide) groups is 1. The number of hydrogen-bond donors (Lipinski definition) is 1. The number of nitrogens with zero attached hydrogens (tertiary/aromatic N) is 2. The standard InChI is InChI=1S/C21H12F5N3O2S2/c22-11-7-12(23)9-13(8-11)29-19(31)18-16(5-6-32-18)28-20(29)33-10-17(30)27-15-4-2-1-3-14(15)21(24,25)26/h1-9H,10H2,(H,27,30). The van der Waals surface area contributed by atoms with E-state index in [1.54, 1.807) is 11.4 Å². The third kappa shape index (κ3) is 4.91. The summed E-state index contributed by atoms with van der Waals surface area (Å²) >= 11 is 1.84. The molecule has 0 atom stereocenters. The molecule has 0 saturated carbocycles. The van der Waals surface area contributed by atoms with Gasteiger partial charge in [0.15, 0.2) is 5.16 Å². The summed E-state index contributed by atoms with van der Waals surface area (Å²) in [6.07, 6.45) is -4.66. The summed E-state index contributed by atoms with van der Waals surface area (Å²) in [4.78, 5) is 29.7. The summed E-state index contributed by atoms with van der Waals surface area (Å²) < 4.78 is 68.2. The number of alkyl halides is 3. The topological polar surface area (TPSA) is 64.0 Å². The van der Waals surface area contributed by atoms with Gasteiger partial charge in [-0.3, -0.25) is 14.2 Å². The molecule has 0 spiro atoms. The lowest BCUT2D eigenvalue weighted by molar-refractivity contribution is -0.137. The van der Waals surface area contributed by atoms with E-state index in [2.05, 4.69) is 10.3 Å². The molecule has 1 N–H and O–H groups in total. The van der Waals surface area contributed by atoms with E-state index in [1.807, 2.05) is 0 Å². The number of carbonyl (C=O) groups is 1. The molecule has 0 saturated heterocycles. The van der Waals surface area contributed by atoms with E-state index in [1.165, 1.54) is 12.1 Å². The van der Waals surface area contributed by atoms with Crippen LogP contribution in [-0.2, 0) is 11.0 Å². The largest absolute Gasteiger partial charge is 0.418 e. The van der Waals surface area contributed by atoms with Gasteiger partial charge in [-0.15, -0.1) is 11.3 Å². The van der Waals surface area contributed by atoms with E-state index < -0.39 is 46.3 Å². The minimum absolute atomic E-state index is 0.0462. The Bertz CT molecular complexity index is 1400. The van der Waals surface area contributed by atoms with Crippen LogP contribution in [-0.4, -0.2) is 21.2 Å². The average molecular weight is 497 g/mol. The molecule has 0 unspecified atom stereocenters. The van der Waals surface area contributed by atoms with Crippen molar-refractivity contribution in [2.24, 2.45) is 0 Å². The number of carbonyl (C=O) groups excluding carboxylic acids is 1. The van der Waals surface area contributed by atoms with Crippen molar-refractivity contribution in [2.75, 3.05) is 11.1 Å². The summed E-state index contributed by atoms with van der Waals surface area (Å²) in [5.74, 6) is -3.03. The Morgan fingerprint density at radius 1 is 1.09 bits per heavy atom. The van der Waals surface area contributed by atoms with Gasteiger partial charge in [0, 0.05) is 6.07 Å². The predicted octanol–water partition coefficient (Wildman–Crippen LogP) is 5.48. The number of thiophene rings is 1. The summed E-state index contributed by atoms with van der Waals surface area (Å²) in [5.41, 5.74) is -1.82. The lowest BCUT2D eigenvalue weighted by atomic mass is 10.1. The van der Waals surface area contributed by atoms with Gasteiger partial charge >= 0.3 is 6.18 Å². The number of rotatable bonds is 5. The average Bonchev–Trinajstić information content (AvgIpc) is 3.20. The van der Waals surface area contributed by atoms with Crippen LogP contribution in [0.2, 0.25) is 0 Å². The van der Waals surface area contributed by atoms with Crippen molar-refractivity contribution in [3.05, 3.63) is 81.5 Å². The van der Waals surface area contributed by atoms with Crippen molar-refractivity contribution in [3.8, 4) is 5.69 Å². The minimum atomic E-state index is -4.66. The molecule has 4 aromatic rings. The molecule has 33 heavy (non-hydrogen) atoms. The highest BCUT2D eigenvalue weighted by atomic mass is 32.2. The van der Waals surface area contributed by atoms with E-state index in [4.69, 9.17) is 0 Å². The predicted molar refractivity (Wildman–Crippen MR) is 116 cm³/mol. The maximum atomic E-state index is 13.8. The number of benzene rings is 2. The van der Waals surface area contributed by atoms with Crippen LogP contribution < -0.4 is 10.9 Å². The van der Waals surface area contributed by atoms with Crippen LogP contribution in [0.4, 0.5) is 27.6 Å². The Kier molecular flexibility index (Phi) is 6.21. The van der Waals surface area contributed by atoms with Gasteiger partial charge < -0.3 is 5.32 Å². The fraction of sp³-hybridized carbons (Fsp3) is 0.0952. The second-order valence-electron chi connectivity index (χ2n) is 6.68. The van der Waals surface area contributed by atoms with Gasteiger partial charge in [0.2, 0.25) is 5.91 Å². The minimum Gasteiger partial charge on any atom is -0.325 e. The highest BCUT2D eigenvalue weighted by Crippen LogP contribution is 2.34. The van der Waals surface area contributed by atoms with Crippen molar-refractivity contribution < 1.29 is 26.7 Å². The number of fused-ring (bicyclic) bond motifs is 1. The molecule has 4 rings (SSSR count). The first-order chi connectivity index (χ1) is 15.6. The van der Waals surface area contributed by atoms with Crippen molar-refractivity contribution in [2.45, 2.75) is 11.3 Å². The fourth-order valence-corrected chi connectivity index (χ4v) is 4.61. The molecule has 5 nitrogen and oxygen atoms in total. The smallest absolute Gasteiger partial charge is 0.325 e. The molecule has 12 heteroatoms. The van der Waals surface area contributed by atoms with Gasteiger partial charge in [-0.05, 0) is 35.7 Å². The number of aromatic nitrogens is 2. The van der Waals surface area contributed by atoms with E-state index in [9.17, 15) is 31.5 Å². The summed E-state index contributed by atoms with van der Waals surface area (Å²) in [6.45, 7) is 0. The zero-order valence-corrected chi connectivity index (χ0v) is 18.0. The van der Waals surface area contributed by atoms with E-state index in [0.29, 0.717) is 11.6 Å². The number of para-hydroxylation sites is 1. The first-order valence-corrected chi connectivity index (χ1v) is 11.1. The number of anilines is 1. The Labute approximate surface area is 190 Å². The molecule has 0 aliphatic carbocycles. The van der Waals surface area contributed by atoms with Gasteiger partial charge in [0.05, 0.1) is 28.2 Å². The Balaban J connectivity index is 1.66. The lowest BCUT2D eigenvalue weighted by Crippen LogP contribution is -2.23. The molecular formula is C21H12F5N3O2S2. The Hall–Kier alpha value is -3.25. The summed E-state index contributed by atoms with van der Waals surface area (Å²) in [7, 11) is 0. The molecule has 2 heterocycles. The van der Waals surface area contributed by atoms with Gasteiger partial charge in [0.25, 0.3) is 5.56 Å². The van der Waals surface area contributed by atoms with Gasteiger partial charge in [-0.1, -0.05) is 23.9 Å². The third-order valence-corrected chi connectivity index (χ3v) is 6.22. The molecule has 0 aliphatic heterocycles.